The highest BCUT2D eigenvalue weighted by Gasteiger charge is 2.15. The summed E-state index contributed by atoms with van der Waals surface area (Å²) in [6, 6.07) is 9.77. The molecule has 0 atom stereocenters. The summed E-state index contributed by atoms with van der Waals surface area (Å²) in [6.07, 6.45) is 0. The van der Waals surface area contributed by atoms with Gasteiger partial charge in [0.2, 0.25) is 5.82 Å². The monoisotopic (exact) mass is 266 g/mol. The van der Waals surface area contributed by atoms with Crippen LogP contribution in [0.1, 0.15) is 16.8 Å². The minimum atomic E-state index is 0.454. The Morgan fingerprint density at radius 3 is 2.30 bits per heavy atom. The predicted octanol–water partition coefficient (Wildman–Crippen LogP) is 3.12. The van der Waals surface area contributed by atoms with Gasteiger partial charge < -0.3 is 4.52 Å². The maximum Gasteiger partial charge on any atom is 0.258 e. The molecule has 0 saturated heterocycles. The van der Waals surface area contributed by atoms with Crippen LogP contribution in [0, 0.1) is 20.8 Å². The summed E-state index contributed by atoms with van der Waals surface area (Å²) in [5.74, 6) is 0.966. The van der Waals surface area contributed by atoms with E-state index in [-0.39, 0.29) is 0 Å². The fourth-order valence-electron chi connectivity index (χ4n) is 2.10. The first kappa shape index (κ1) is 12.5. The first-order valence-electron chi connectivity index (χ1n) is 6.36. The molecule has 0 spiro atoms. The topological polar surface area (TPSA) is 64.7 Å². The van der Waals surface area contributed by atoms with Crippen molar-refractivity contribution in [3.05, 3.63) is 47.2 Å². The number of hydrogen-bond acceptors (Lipinski definition) is 5. The predicted molar refractivity (Wildman–Crippen MR) is 75.0 cm³/mol. The van der Waals surface area contributed by atoms with E-state index < -0.39 is 0 Å². The molecule has 0 N–H and O–H groups in total. The Morgan fingerprint density at radius 2 is 1.65 bits per heavy atom. The van der Waals surface area contributed by atoms with Crippen molar-refractivity contribution >= 4 is 0 Å². The van der Waals surface area contributed by atoms with Crippen LogP contribution >= 0.6 is 0 Å². The molecular weight excluding hydrogens is 252 g/mol. The minimum absolute atomic E-state index is 0.454. The molecule has 0 fully saturated rings. The van der Waals surface area contributed by atoms with Crippen molar-refractivity contribution in [1.82, 2.24) is 20.3 Å². The van der Waals surface area contributed by atoms with Gasteiger partial charge in [-0.15, -0.1) is 5.10 Å². The number of benzene rings is 1. The molecule has 20 heavy (non-hydrogen) atoms. The van der Waals surface area contributed by atoms with Gasteiger partial charge in [0.25, 0.3) is 5.89 Å². The van der Waals surface area contributed by atoms with Gasteiger partial charge in [-0.25, -0.2) is 0 Å². The lowest BCUT2D eigenvalue weighted by atomic mass is 10.0. The van der Waals surface area contributed by atoms with Crippen LogP contribution in [0.2, 0.25) is 0 Å². The Hall–Kier alpha value is -2.56. The van der Waals surface area contributed by atoms with Gasteiger partial charge in [0.1, 0.15) is 5.69 Å². The molecule has 0 saturated carbocycles. The number of nitrogens with zero attached hydrogens (tertiary/aromatic N) is 4. The van der Waals surface area contributed by atoms with E-state index in [1.54, 1.807) is 0 Å². The summed E-state index contributed by atoms with van der Waals surface area (Å²) in [5.41, 5.74) is 4.65. The molecular formula is C15H14N4O. The normalized spacial score (nSPS) is 10.8. The quantitative estimate of drug-likeness (QED) is 0.713. The second-order valence-corrected chi connectivity index (χ2v) is 4.75. The highest BCUT2D eigenvalue weighted by atomic mass is 16.5. The highest BCUT2D eigenvalue weighted by Crippen LogP contribution is 2.27. The maximum atomic E-state index is 5.37. The van der Waals surface area contributed by atoms with Crippen LogP contribution in [0.5, 0.6) is 0 Å². The van der Waals surface area contributed by atoms with Crippen LogP contribution < -0.4 is 0 Å². The third-order valence-electron chi connectivity index (χ3n) is 3.15. The zero-order chi connectivity index (χ0) is 14.1. The molecule has 100 valence electrons. The number of aromatic nitrogens is 4. The smallest absolute Gasteiger partial charge is 0.258 e. The molecule has 0 radical (unpaired) electrons. The Morgan fingerprint density at radius 1 is 0.900 bits per heavy atom. The van der Waals surface area contributed by atoms with Crippen LogP contribution in [-0.2, 0) is 0 Å². The first-order valence-corrected chi connectivity index (χ1v) is 6.36. The fraction of sp³-hybridized carbons (Fsp3) is 0.200. The molecule has 3 aromatic rings. The van der Waals surface area contributed by atoms with Crippen LogP contribution in [-0.4, -0.2) is 20.3 Å². The molecule has 2 aromatic heterocycles. The maximum absolute atomic E-state index is 5.37. The molecule has 1 aromatic carbocycles. The second-order valence-electron chi connectivity index (χ2n) is 4.75. The van der Waals surface area contributed by atoms with Gasteiger partial charge in [-0.05, 0) is 44.0 Å². The summed E-state index contributed by atoms with van der Waals surface area (Å²) in [4.78, 5) is 4.42. The molecule has 3 rings (SSSR count). The molecule has 5 heteroatoms. The molecule has 5 nitrogen and oxygen atoms in total. The van der Waals surface area contributed by atoms with E-state index in [1.807, 2.05) is 51.1 Å². The van der Waals surface area contributed by atoms with E-state index >= 15 is 0 Å². The van der Waals surface area contributed by atoms with E-state index in [2.05, 4.69) is 20.3 Å². The van der Waals surface area contributed by atoms with Crippen molar-refractivity contribution in [3.63, 3.8) is 0 Å². The molecule has 0 amide bonds. The Balaban J connectivity index is 2.04. The SMILES string of the molecule is Cc1ccc(-c2noc(-c3c(C)cccc3C)n2)nn1. The lowest BCUT2D eigenvalue weighted by Gasteiger charge is -2.03. The van der Waals surface area contributed by atoms with Crippen molar-refractivity contribution in [3.8, 4) is 23.0 Å². The zero-order valence-electron chi connectivity index (χ0n) is 11.6. The number of hydrogen-bond donors (Lipinski definition) is 0. The van der Waals surface area contributed by atoms with Gasteiger partial charge in [0, 0.05) is 5.56 Å². The van der Waals surface area contributed by atoms with Crippen LogP contribution in [0.4, 0.5) is 0 Å². The van der Waals surface area contributed by atoms with Crippen LogP contribution in [0.3, 0.4) is 0 Å². The van der Waals surface area contributed by atoms with Gasteiger partial charge in [-0.3, -0.25) is 0 Å². The summed E-state index contributed by atoms with van der Waals surface area (Å²) in [7, 11) is 0. The average molecular weight is 266 g/mol. The highest BCUT2D eigenvalue weighted by molar-refractivity contribution is 5.64. The largest absolute Gasteiger partial charge is 0.334 e. The lowest BCUT2D eigenvalue weighted by molar-refractivity contribution is 0.431. The molecule has 0 aliphatic carbocycles. The van der Waals surface area contributed by atoms with Crippen molar-refractivity contribution in [2.45, 2.75) is 20.8 Å². The van der Waals surface area contributed by atoms with Crippen molar-refractivity contribution in [2.24, 2.45) is 0 Å². The third kappa shape index (κ3) is 2.18. The van der Waals surface area contributed by atoms with E-state index in [9.17, 15) is 0 Å². The van der Waals surface area contributed by atoms with Gasteiger partial charge >= 0.3 is 0 Å². The van der Waals surface area contributed by atoms with Gasteiger partial charge in [0.15, 0.2) is 0 Å². The van der Waals surface area contributed by atoms with E-state index in [0.29, 0.717) is 17.4 Å². The number of aryl methyl sites for hydroxylation is 3. The standard InChI is InChI=1S/C15H14N4O/c1-9-5-4-6-10(2)13(9)15-16-14(19-20-15)12-8-7-11(3)17-18-12/h4-8H,1-3H3. The summed E-state index contributed by atoms with van der Waals surface area (Å²) >= 11 is 0. The van der Waals surface area contributed by atoms with E-state index in [1.165, 1.54) is 0 Å². The van der Waals surface area contributed by atoms with Crippen LogP contribution in [0.25, 0.3) is 23.0 Å². The minimum Gasteiger partial charge on any atom is -0.334 e. The molecule has 0 bridgehead atoms. The Bertz CT molecular complexity index is 727. The van der Waals surface area contributed by atoms with Crippen molar-refractivity contribution in [1.29, 1.82) is 0 Å². The Kier molecular flexibility index (Phi) is 3.02. The number of rotatable bonds is 2. The summed E-state index contributed by atoms with van der Waals surface area (Å²) in [5, 5.41) is 12.1. The third-order valence-corrected chi connectivity index (χ3v) is 3.15. The van der Waals surface area contributed by atoms with E-state index in [4.69, 9.17) is 4.52 Å². The van der Waals surface area contributed by atoms with Gasteiger partial charge in [-0.1, -0.05) is 23.4 Å². The Labute approximate surface area is 116 Å². The summed E-state index contributed by atoms with van der Waals surface area (Å²) in [6.45, 7) is 5.94. The second kappa shape index (κ2) is 4.85. The van der Waals surface area contributed by atoms with E-state index in [0.717, 1.165) is 22.4 Å². The molecule has 0 aliphatic rings. The molecule has 0 unspecified atom stereocenters. The average Bonchev–Trinajstić information content (AvgIpc) is 2.89. The van der Waals surface area contributed by atoms with Crippen molar-refractivity contribution in [2.75, 3.05) is 0 Å². The van der Waals surface area contributed by atoms with Gasteiger partial charge in [0.05, 0.1) is 5.69 Å². The van der Waals surface area contributed by atoms with Crippen LogP contribution in [0.15, 0.2) is 34.9 Å². The molecule has 0 aliphatic heterocycles. The summed E-state index contributed by atoms with van der Waals surface area (Å²) < 4.78 is 5.37. The first-order chi connectivity index (χ1) is 9.65. The zero-order valence-corrected chi connectivity index (χ0v) is 11.6. The van der Waals surface area contributed by atoms with Gasteiger partial charge in [-0.2, -0.15) is 10.1 Å². The fourth-order valence-corrected chi connectivity index (χ4v) is 2.10. The van der Waals surface area contributed by atoms with Crippen molar-refractivity contribution < 1.29 is 4.52 Å². The lowest BCUT2D eigenvalue weighted by Crippen LogP contribution is -1.91. The molecule has 2 heterocycles.